The van der Waals surface area contributed by atoms with Crippen LogP contribution in [0.3, 0.4) is 0 Å². The normalized spacial score (nSPS) is 22.4. The molecule has 0 aliphatic carbocycles. The average molecular weight is 461 g/mol. The second-order valence-electron chi connectivity index (χ2n) is 8.07. The van der Waals surface area contributed by atoms with E-state index in [1.165, 1.54) is 10.9 Å². The Hall–Kier alpha value is -3.10. The number of halogens is 1. The number of nitrogens with two attached hydrogens (primary N) is 1. The summed E-state index contributed by atoms with van der Waals surface area (Å²) in [5.41, 5.74) is 4.32. The van der Waals surface area contributed by atoms with Gasteiger partial charge in [-0.25, -0.2) is 4.98 Å². The second kappa shape index (κ2) is 10.7. The highest BCUT2D eigenvalue weighted by molar-refractivity contribution is 5.83. The zero-order valence-electron chi connectivity index (χ0n) is 18.5. The number of esters is 1. The van der Waals surface area contributed by atoms with Crippen LogP contribution in [0.15, 0.2) is 6.33 Å². The minimum atomic E-state index is -1.61. The highest BCUT2D eigenvalue weighted by Gasteiger charge is 2.49. The standard InChI is InChI=1S/C22H28FN5O5/c1-3-5-6-7-8-14(29)9-10-17(31)32-12-22(4-2)15(30)11-16(33-22)28-13-25-18-19(24)26-21(23)27-20(18)28/h2,13,15-16,30H,3,5-12H2,1H3,(H2,24,26,27)/t15-,16+,22+/m0/s1. The summed E-state index contributed by atoms with van der Waals surface area (Å²) in [5.74, 6) is 1.63. The molecule has 0 radical (unpaired) electrons. The van der Waals surface area contributed by atoms with Gasteiger partial charge >= 0.3 is 12.0 Å². The van der Waals surface area contributed by atoms with Gasteiger partial charge in [0.2, 0.25) is 0 Å². The number of carbonyl (C=O) groups excluding carboxylic acids is 2. The van der Waals surface area contributed by atoms with E-state index in [9.17, 15) is 19.1 Å². The van der Waals surface area contributed by atoms with E-state index in [0.29, 0.717) is 6.42 Å². The lowest BCUT2D eigenvalue weighted by molar-refractivity contribution is -0.157. The number of aliphatic hydroxyl groups is 1. The summed E-state index contributed by atoms with van der Waals surface area (Å²) >= 11 is 0. The lowest BCUT2D eigenvalue weighted by Gasteiger charge is -2.26. The Kier molecular flexibility index (Phi) is 7.94. The van der Waals surface area contributed by atoms with Crippen LogP contribution in [0.1, 0.15) is 64.5 Å². The summed E-state index contributed by atoms with van der Waals surface area (Å²) in [4.78, 5) is 35.2. The minimum absolute atomic E-state index is 0.00686. The van der Waals surface area contributed by atoms with Crippen LogP contribution >= 0.6 is 0 Å². The van der Waals surface area contributed by atoms with Gasteiger partial charge in [-0.3, -0.25) is 14.2 Å². The van der Waals surface area contributed by atoms with Crippen molar-refractivity contribution in [3.63, 3.8) is 0 Å². The number of carbonyl (C=O) groups is 2. The first-order valence-electron chi connectivity index (χ1n) is 11.0. The first-order valence-corrected chi connectivity index (χ1v) is 11.0. The first kappa shape index (κ1) is 24.5. The van der Waals surface area contributed by atoms with Crippen molar-refractivity contribution in [3.8, 4) is 12.3 Å². The quantitative estimate of drug-likeness (QED) is 0.222. The van der Waals surface area contributed by atoms with Gasteiger partial charge in [0.25, 0.3) is 0 Å². The molecule has 0 saturated carbocycles. The Morgan fingerprint density at radius 2 is 2.15 bits per heavy atom. The van der Waals surface area contributed by atoms with Gasteiger partial charge in [0.1, 0.15) is 24.7 Å². The SMILES string of the molecule is C#C[C@]1(COC(=O)CCC(=O)CCCCCC)O[C@@H](n2cnc3c(N)nc(F)nc32)C[C@@H]1O. The molecule has 2 aromatic heterocycles. The largest absolute Gasteiger partial charge is 0.461 e. The lowest BCUT2D eigenvalue weighted by atomic mass is 9.99. The molecule has 3 rings (SSSR count). The van der Waals surface area contributed by atoms with E-state index in [1.54, 1.807) is 0 Å². The maximum atomic E-state index is 13.6. The predicted molar refractivity (Wildman–Crippen MR) is 116 cm³/mol. The van der Waals surface area contributed by atoms with Crippen molar-refractivity contribution in [3.05, 3.63) is 12.4 Å². The van der Waals surface area contributed by atoms with Crippen LogP contribution in [-0.4, -0.2) is 54.7 Å². The van der Waals surface area contributed by atoms with Gasteiger partial charge in [-0.05, 0) is 6.42 Å². The van der Waals surface area contributed by atoms with Gasteiger partial charge in [0.05, 0.1) is 12.7 Å². The summed E-state index contributed by atoms with van der Waals surface area (Å²) < 4.78 is 26.1. The second-order valence-corrected chi connectivity index (χ2v) is 8.07. The highest BCUT2D eigenvalue weighted by atomic mass is 19.1. The summed E-state index contributed by atoms with van der Waals surface area (Å²) in [7, 11) is 0. The Labute approximate surface area is 190 Å². The van der Waals surface area contributed by atoms with Crippen LogP contribution in [0.2, 0.25) is 0 Å². The molecule has 0 amide bonds. The summed E-state index contributed by atoms with van der Waals surface area (Å²) in [6.45, 7) is 1.69. The van der Waals surface area contributed by atoms with Crippen LogP contribution in [0.4, 0.5) is 10.2 Å². The first-order chi connectivity index (χ1) is 15.8. The van der Waals surface area contributed by atoms with Crippen molar-refractivity contribution in [1.29, 1.82) is 0 Å². The number of nitrogen functional groups attached to an aromatic ring is 1. The number of Topliss-reactive ketones (excluding diaryl/α,β-unsaturated/α-hetero) is 1. The summed E-state index contributed by atoms with van der Waals surface area (Å²) in [6.07, 6.45) is 8.34. The number of imidazole rings is 1. The van der Waals surface area contributed by atoms with Gasteiger partial charge in [0, 0.05) is 19.3 Å². The predicted octanol–water partition coefficient (Wildman–Crippen LogP) is 2.06. The van der Waals surface area contributed by atoms with Gasteiger partial charge in [0.15, 0.2) is 22.6 Å². The third-order valence-corrected chi connectivity index (χ3v) is 5.65. The van der Waals surface area contributed by atoms with E-state index < -0.39 is 36.6 Å². The van der Waals surface area contributed by atoms with Gasteiger partial charge in [-0.2, -0.15) is 14.4 Å². The number of nitrogens with zero attached hydrogens (tertiary/aromatic N) is 4. The Balaban J connectivity index is 1.58. The van der Waals surface area contributed by atoms with Crippen molar-refractivity contribution in [2.45, 2.75) is 76.2 Å². The fourth-order valence-corrected chi connectivity index (χ4v) is 3.72. The van der Waals surface area contributed by atoms with E-state index in [1.807, 2.05) is 0 Å². The molecular formula is C22H28FN5O5. The van der Waals surface area contributed by atoms with Crippen molar-refractivity contribution in [2.24, 2.45) is 0 Å². The van der Waals surface area contributed by atoms with Gasteiger partial charge < -0.3 is 20.3 Å². The number of terminal acetylenes is 1. The molecular weight excluding hydrogens is 433 g/mol. The Bertz CT molecular complexity index is 1050. The number of fused-ring (bicyclic) bond motifs is 1. The number of rotatable bonds is 11. The molecule has 0 bridgehead atoms. The molecule has 0 spiro atoms. The average Bonchev–Trinajstić information content (AvgIpc) is 3.35. The van der Waals surface area contributed by atoms with Crippen molar-refractivity contribution in [2.75, 3.05) is 12.3 Å². The maximum Gasteiger partial charge on any atom is 0.312 e. The minimum Gasteiger partial charge on any atom is -0.461 e. The fourth-order valence-electron chi connectivity index (χ4n) is 3.72. The smallest absolute Gasteiger partial charge is 0.312 e. The summed E-state index contributed by atoms with van der Waals surface area (Å²) in [6, 6.07) is 0. The molecule has 2 aromatic rings. The van der Waals surface area contributed by atoms with Crippen LogP contribution in [0, 0.1) is 18.4 Å². The molecule has 11 heteroatoms. The van der Waals surface area contributed by atoms with E-state index in [-0.39, 0.29) is 42.0 Å². The van der Waals surface area contributed by atoms with Gasteiger partial charge in [-0.1, -0.05) is 32.1 Å². The monoisotopic (exact) mass is 461 g/mol. The zero-order valence-corrected chi connectivity index (χ0v) is 18.5. The zero-order chi connectivity index (χ0) is 24.0. The topological polar surface area (TPSA) is 142 Å². The molecule has 3 heterocycles. The van der Waals surface area contributed by atoms with E-state index in [4.69, 9.17) is 21.6 Å². The number of hydrogen-bond donors (Lipinski definition) is 2. The number of ether oxygens (including phenoxy) is 2. The highest BCUT2D eigenvalue weighted by Crippen LogP contribution is 2.38. The molecule has 33 heavy (non-hydrogen) atoms. The Morgan fingerprint density at radius 3 is 2.88 bits per heavy atom. The molecule has 3 atom stereocenters. The molecule has 1 aliphatic rings. The number of anilines is 1. The molecule has 1 aliphatic heterocycles. The lowest BCUT2D eigenvalue weighted by Crippen LogP contribution is -2.43. The van der Waals surface area contributed by atoms with Gasteiger partial charge in [-0.15, -0.1) is 6.42 Å². The van der Waals surface area contributed by atoms with Crippen LogP contribution < -0.4 is 5.73 Å². The van der Waals surface area contributed by atoms with Crippen LogP contribution in [-0.2, 0) is 19.1 Å². The summed E-state index contributed by atoms with van der Waals surface area (Å²) in [5, 5.41) is 10.6. The van der Waals surface area contributed by atoms with E-state index in [0.717, 1.165) is 25.7 Å². The van der Waals surface area contributed by atoms with Crippen molar-refractivity contribution >= 4 is 28.7 Å². The third kappa shape index (κ3) is 5.64. The number of ketones is 1. The van der Waals surface area contributed by atoms with Crippen LogP contribution in [0.25, 0.3) is 11.2 Å². The molecule has 0 unspecified atom stereocenters. The molecule has 3 N–H and O–H groups in total. The number of aromatic nitrogens is 4. The number of aliphatic hydroxyl groups excluding tert-OH is 1. The third-order valence-electron chi connectivity index (χ3n) is 5.65. The van der Waals surface area contributed by atoms with Crippen LogP contribution in [0.5, 0.6) is 0 Å². The molecule has 178 valence electrons. The number of hydrogen-bond acceptors (Lipinski definition) is 9. The van der Waals surface area contributed by atoms with E-state index >= 15 is 0 Å². The van der Waals surface area contributed by atoms with Crippen molar-refractivity contribution < 1.29 is 28.6 Å². The van der Waals surface area contributed by atoms with E-state index in [2.05, 4.69) is 27.8 Å². The Morgan fingerprint density at radius 1 is 1.36 bits per heavy atom. The molecule has 0 aromatic carbocycles. The maximum absolute atomic E-state index is 13.6. The van der Waals surface area contributed by atoms with Crippen molar-refractivity contribution in [1.82, 2.24) is 19.5 Å². The molecule has 10 nitrogen and oxygen atoms in total. The molecule has 1 fully saturated rings. The molecule has 1 saturated heterocycles. The fraction of sp³-hybridized carbons (Fsp3) is 0.591. The number of unbranched alkanes of at least 4 members (excludes halogenated alkanes) is 3.